The van der Waals surface area contributed by atoms with Crippen LogP contribution in [0, 0.1) is 0 Å². The summed E-state index contributed by atoms with van der Waals surface area (Å²) >= 11 is 4.88. The fourth-order valence-electron chi connectivity index (χ4n) is 3.60. The Bertz CT molecular complexity index is 1390. The maximum atomic E-state index is 12.2. The van der Waals surface area contributed by atoms with Gasteiger partial charge in [0.25, 0.3) is 0 Å². The first kappa shape index (κ1) is 23.2. The number of benzene rings is 2. The van der Waals surface area contributed by atoms with Gasteiger partial charge in [-0.05, 0) is 75.4 Å². The number of hydrogen-bond acceptors (Lipinski definition) is 8. The number of fused-ring (bicyclic) bond motifs is 1. The largest absolute Gasteiger partial charge is 0.507 e. The maximum absolute atomic E-state index is 12.2. The Hall–Kier alpha value is -3.54. The van der Waals surface area contributed by atoms with Gasteiger partial charge in [-0.15, -0.1) is 11.3 Å². The van der Waals surface area contributed by atoms with Crippen molar-refractivity contribution in [3.63, 3.8) is 0 Å². The predicted octanol–water partition coefficient (Wildman–Crippen LogP) is 4.82. The van der Waals surface area contributed by atoms with Crippen LogP contribution in [0.1, 0.15) is 5.56 Å². The Morgan fingerprint density at radius 1 is 1.14 bits per heavy atom. The molecule has 0 atom stereocenters. The van der Waals surface area contributed by atoms with Gasteiger partial charge in [-0.2, -0.15) is 5.10 Å². The third kappa shape index (κ3) is 5.42. The van der Waals surface area contributed by atoms with Crippen molar-refractivity contribution in [2.75, 3.05) is 36.5 Å². The lowest BCUT2D eigenvalue weighted by Gasteiger charge is -2.28. The summed E-state index contributed by atoms with van der Waals surface area (Å²) in [4.78, 5) is 24.0. The molecule has 2 amide bonds. The topological polar surface area (TPSA) is 112 Å². The number of thiophene rings is 1. The van der Waals surface area contributed by atoms with Crippen molar-refractivity contribution in [1.29, 1.82) is 0 Å². The lowest BCUT2D eigenvalue weighted by molar-refractivity contribution is 0.122. The van der Waals surface area contributed by atoms with E-state index in [1.807, 2.05) is 23.6 Å². The summed E-state index contributed by atoms with van der Waals surface area (Å²) in [7, 11) is 0. The van der Waals surface area contributed by atoms with E-state index < -0.39 is 6.03 Å². The van der Waals surface area contributed by atoms with Crippen molar-refractivity contribution in [3.05, 3.63) is 63.9 Å². The van der Waals surface area contributed by atoms with Gasteiger partial charge in [0.15, 0.2) is 11.6 Å². The van der Waals surface area contributed by atoms with E-state index in [1.165, 1.54) is 12.3 Å². The third-order valence-corrected chi connectivity index (χ3v) is 6.88. The Labute approximate surface area is 213 Å². The fourth-order valence-corrected chi connectivity index (χ4v) is 4.84. The highest BCUT2D eigenvalue weighted by atomic mass is 79.9. The fraction of sp³-hybridized carbons (Fsp3) is 0.167. The molecule has 2 aromatic heterocycles. The van der Waals surface area contributed by atoms with E-state index in [9.17, 15) is 9.90 Å². The average Bonchev–Trinajstić information content (AvgIpc) is 3.35. The normalized spacial score (nSPS) is 13.9. The van der Waals surface area contributed by atoms with Crippen LogP contribution in [0.25, 0.3) is 21.6 Å². The molecule has 0 unspecified atom stereocenters. The summed E-state index contributed by atoms with van der Waals surface area (Å²) in [5, 5.41) is 18.2. The van der Waals surface area contributed by atoms with Crippen LogP contribution in [0.15, 0.2) is 63.5 Å². The summed E-state index contributed by atoms with van der Waals surface area (Å²) in [6.07, 6.45) is 1.48. The second-order valence-corrected chi connectivity index (χ2v) is 9.49. The van der Waals surface area contributed by atoms with Gasteiger partial charge in [-0.25, -0.2) is 20.2 Å². The molecule has 0 saturated carbocycles. The highest BCUT2D eigenvalue weighted by Gasteiger charge is 2.18. The van der Waals surface area contributed by atoms with E-state index in [1.54, 1.807) is 35.6 Å². The van der Waals surface area contributed by atoms with Crippen LogP contribution in [0.3, 0.4) is 0 Å². The van der Waals surface area contributed by atoms with Crippen LogP contribution in [0.4, 0.5) is 16.3 Å². The van der Waals surface area contributed by atoms with Gasteiger partial charge in [0.1, 0.15) is 5.75 Å². The molecule has 0 bridgehead atoms. The summed E-state index contributed by atoms with van der Waals surface area (Å²) in [6, 6.07) is 13.8. The number of phenols is 1. The molecular weight excluding hydrogens is 532 g/mol. The number of nitrogens with zero attached hydrogens (tertiary/aromatic N) is 4. The van der Waals surface area contributed by atoms with Crippen LogP contribution in [-0.2, 0) is 4.74 Å². The number of nitrogens with one attached hydrogen (secondary N) is 2. The van der Waals surface area contributed by atoms with Crippen molar-refractivity contribution < 1.29 is 14.6 Å². The second-order valence-electron chi connectivity index (χ2n) is 7.72. The number of carbonyl (C=O) groups is 1. The quantitative estimate of drug-likeness (QED) is 0.242. The van der Waals surface area contributed by atoms with E-state index in [2.05, 4.69) is 36.7 Å². The molecule has 0 radical (unpaired) electrons. The lowest BCUT2D eigenvalue weighted by Crippen LogP contribution is -2.36. The average molecular weight is 553 g/mol. The predicted molar refractivity (Wildman–Crippen MR) is 141 cm³/mol. The van der Waals surface area contributed by atoms with Gasteiger partial charge in [0, 0.05) is 24.3 Å². The minimum atomic E-state index is -0.475. The molecule has 11 heteroatoms. The van der Waals surface area contributed by atoms with Gasteiger partial charge in [-0.1, -0.05) is 0 Å². The van der Waals surface area contributed by atoms with Crippen LogP contribution in [0.2, 0.25) is 0 Å². The minimum absolute atomic E-state index is 0.134. The number of hydrogen-bond donors (Lipinski definition) is 3. The first-order valence-corrected chi connectivity index (χ1v) is 12.5. The van der Waals surface area contributed by atoms with Crippen LogP contribution in [-0.4, -0.2) is 53.6 Å². The Kier molecular flexibility index (Phi) is 6.89. The number of morpholine rings is 1. The molecule has 4 aromatic rings. The molecule has 1 saturated heterocycles. The highest BCUT2D eigenvalue weighted by molar-refractivity contribution is 9.10. The van der Waals surface area contributed by atoms with Crippen LogP contribution >= 0.6 is 27.3 Å². The van der Waals surface area contributed by atoms with Crippen molar-refractivity contribution in [3.8, 4) is 17.1 Å². The van der Waals surface area contributed by atoms with Crippen molar-refractivity contribution >= 4 is 61.2 Å². The Morgan fingerprint density at radius 3 is 2.71 bits per heavy atom. The number of rotatable bonds is 5. The summed E-state index contributed by atoms with van der Waals surface area (Å²) < 4.78 is 7.11. The van der Waals surface area contributed by atoms with Crippen LogP contribution in [0.5, 0.6) is 5.75 Å². The molecular formula is C24H21BrN6O3S. The number of phenolic OH excluding ortho intramolecular Hbond substituents is 1. The number of carbonyl (C=O) groups excluding carboxylic acids is 1. The molecule has 5 rings (SSSR count). The van der Waals surface area contributed by atoms with E-state index >= 15 is 0 Å². The van der Waals surface area contributed by atoms with Crippen molar-refractivity contribution in [1.82, 2.24) is 15.4 Å². The molecule has 9 nitrogen and oxygen atoms in total. The van der Waals surface area contributed by atoms with Gasteiger partial charge in [0.05, 0.1) is 34.1 Å². The number of amides is 2. The second kappa shape index (κ2) is 10.4. The number of hydrazone groups is 1. The van der Waals surface area contributed by atoms with Crippen molar-refractivity contribution in [2.24, 2.45) is 5.10 Å². The number of urea groups is 1. The van der Waals surface area contributed by atoms with E-state index in [0.29, 0.717) is 29.2 Å². The Morgan fingerprint density at radius 2 is 1.94 bits per heavy atom. The zero-order chi connectivity index (χ0) is 24.2. The molecule has 1 fully saturated rings. The van der Waals surface area contributed by atoms with Crippen LogP contribution < -0.4 is 15.6 Å². The first-order chi connectivity index (χ1) is 17.1. The molecule has 1 aliphatic heterocycles. The summed E-state index contributed by atoms with van der Waals surface area (Å²) in [5.41, 5.74) is 5.53. The molecule has 0 spiro atoms. The van der Waals surface area contributed by atoms with Crippen molar-refractivity contribution in [2.45, 2.75) is 0 Å². The molecule has 178 valence electrons. The summed E-state index contributed by atoms with van der Waals surface area (Å²) in [5.74, 6) is 1.70. The third-order valence-electron chi connectivity index (χ3n) is 5.35. The number of ether oxygens (including phenoxy) is 1. The number of aromatic nitrogens is 2. The number of halogens is 1. The maximum Gasteiger partial charge on any atom is 0.339 e. The summed E-state index contributed by atoms with van der Waals surface area (Å²) in [6.45, 7) is 2.97. The number of anilines is 2. The SMILES string of the molecule is O=C(N/N=C/c1ccc(O)c(Br)c1)Nc1ccc(-c2nc(N3CCOCC3)c3sccc3n2)cc1. The van der Waals surface area contributed by atoms with E-state index in [-0.39, 0.29) is 5.75 Å². The molecule has 35 heavy (non-hydrogen) atoms. The molecule has 2 aromatic carbocycles. The van der Waals surface area contributed by atoms with Gasteiger partial charge < -0.3 is 20.1 Å². The van der Waals surface area contributed by atoms with Gasteiger partial charge in [0.2, 0.25) is 0 Å². The monoisotopic (exact) mass is 552 g/mol. The molecule has 3 heterocycles. The van der Waals surface area contributed by atoms with Gasteiger partial charge in [-0.3, -0.25) is 0 Å². The zero-order valence-corrected chi connectivity index (χ0v) is 20.8. The van der Waals surface area contributed by atoms with E-state index in [0.717, 1.165) is 40.3 Å². The van der Waals surface area contributed by atoms with Gasteiger partial charge >= 0.3 is 6.03 Å². The first-order valence-electron chi connectivity index (χ1n) is 10.8. The molecule has 0 aliphatic carbocycles. The smallest absolute Gasteiger partial charge is 0.339 e. The zero-order valence-electron chi connectivity index (χ0n) is 18.4. The highest BCUT2D eigenvalue weighted by Crippen LogP contribution is 2.32. The molecule has 3 N–H and O–H groups in total. The molecule has 1 aliphatic rings. The Balaban J connectivity index is 1.27. The lowest BCUT2D eigenvalue weighted by atomic mass is 10.2. The minimum Gasteiger partial charge on any atom is -0.507 e. The number of aromatic hydroxyl groups is 1. The van der Waals surface area contributed by atoms with E-state index in [4.69, 9.17) is 14.7 Å². The standard InChI is InChI=1S/C24H21BrN6O3S/c25-18-13-15(1-6-20(18)32)14-26-30-24(33)27-17-4-2-16(3-5-17)22-28-19-7-12-35-21(19)23(29-22)31-8-10-34-11-9-31/h1-7,12-14,32H,8-11H2,(H2,27,30,33)/b26-14+.